The van der Waals surface area contributed by atoms with Crippen molar-refractivity contribution in [1.82, 2.24) is 0 Å². The zero-order valence-corrected chi connectivity index (χ0v) is 22.3. The molecule has 1 aliphatic heterocycles. The van der Waals surface area contributed by atoms with Gasteiger partial charge in [-0.2, -0.15) is 0 Å². The third kappa shape index (κ3) is 7.08. The van der Waals surface area contributed by atoms with Gasteiger partial charge in [0.25, 0.3) is 0 Å². The van der Waals surface area contributed by atoms with Gasteiger partial charge in [-0.1, -0.05) is 38.8 Å². The minimum Gasteiger partial charge on any atom is -0.496 e. The van der Waals surface area contributed by atoms with Crippen LogP contribution in [-0.2, 0) is 40.0 Å². The molecule has 0 bridgehead atoms. The second-order valence-electron chi connectivity index (χ2n) is 9.05. The summed E-state index contributed by atoms with van der Waals surface area (Å²) in [7, 11) is 2.93. The van der Waals surface area contributed by atoms with E-state index in [0.29, 0.717) is 43.1 Å². The van der Waals surface area contributed by atoms with Crippen LogP contribution in [0.25, 0.3) is 0 Å². The monoisotopic (exact) mass is 514 g/mol. The highest BCUT2D eigenvalue weighted by Crippen LogP contribution is 2.38. The van der Waals surface area contributed by atoms with Gasteiger partial charge in [0.1, 0.15) is 23.0 Å². The van der Waals surface area contributed by atoms with Crippen molar-refractivity contribution < 1.29 is 38.4 Å². The molecule has 0 spiro atoms. The Morgan fingerprint density at radius 1 is 0.973 bits per heavy atom. The summed E-state index contributed by atoms with van der Waals surface area (Å²) < 4.78 is 28.7. The van der Waals surface area contributed by atoms with E-state index in [0.717, 1.165) is 60.3 Å². The number of hydrogen-bond donors (Lipinski definition) is 1. The second-order valence-corrected chi connectivity index (χ2v) is 9.05. The molecule has 8 nitrogen and oxygen atoms in total. The van der Waals surface area contributed by atoms with Crippen molar-refractivity contribution in [3.63, 3.8) is 0 Å². The molecule has 2 aromatic rings. The summed E-state index contributed by atoms with van der Waals surface area (Å²) in [5.74, 6) is 1.54. The van der Waals surface area contributed by atoms with Crippen molar-refractivity contribution in [2.75, 3.05) is 27.4 Å². The largest absolute Gasteiger partial charge is 0.496 e. The van der Waals surface area contributed by atoms with Gasteiger partial charge in [-0.05, 0) is 43.4 Å². The van der Waals surface area contributed by atoms with Gasteiger partial charge in [0.15, 0.2) is 6.10 Å². The van der Waals surface area contributed by atoms with Crippen LogP contribution in [0.2, 0.25) is 0 Å². The summed E-state index contributed by atoms with van der Waals surface area (Å²) in [5.41, 5.74) is 3.60. The average molecular weight is 515 g/mol. The van der Waals surface area contributed by atoms with Gasteiger partial charge in [-0.3, -0.25) is 4.79 Å². The second kappa shape index (κ2) is 13.8. The first kappa shape index (κ1) is 28.2. The lowest BCUT2D eigenvalue weighted by Crippen LogP contribution is -2.32. The number of carbonyl (C=O) groups excluding carboxylic acids is 1. The number of carbonyl (C=O) groups is 2. The Morgan fingerprint density at radius 3 is 2.24 bits per heavy atom. The Bertz CT molecular complexity index is 1080. The topological polar surface area (TPSA) is 101 Å². The molecule has 0 amide bonds. The van der Waals surface area contributed by atoms with Crippen molar-refractivity contribution in [3.8, 4) is 23.0 Å². The SMILES string of the molecule is CCCc1c(OCCCOc2ccc3c(c2CCC)OC(C(=O)OC)CC3)ccc(CC(=O)O)c1OC. The van der Waals surface area contributed by atoms with Crippen molar-refractivity contribution in [2.24, 2.45) is 0 Å². The molecule has 1 aliphatic rings. The Labute approximate surface area is 218 Å². The van der Waals surface area contributed by atoms with Crippen molar-refractivity contribution >= 4 is 11.9 Å². The van der Waals surface area contributed by atoms with Gasteiger partial charge in [0, 0.05) is 23.1 Å². The third-order valence-electron chi connectivity index (χ3n) is 6.35. The van der Waals surface area contributed by atoms with E-state index in [1.54, 1.807) is 13.2 Å². The van der Waals surface area contributed by atoms with Crippen LogP contribution < -0.4 is 18.9 Å². The highest BCUT2D eigenvalue weighted by molar-refractivity contribution is 5.75. The fraction of sp³-hybridized carbons (Fsp3) is 0.517. The van der Waals surface area contributed by atoms with Crippen LogP contribution in [0.1, 0.15) is 61.8 Å². The van der Waals surface area contributed by atoms with Gasteiger partial charge >= 0.3 is 11.9 Å². The first-order valence-electron chi connectivity index (χ1n) is 13.0. The van der Waals surface area contributed by atoms with E-state index in [2.05, 4.69) is 13.8 Å². The first-order chi connectivity index (χ1) is 17.9. The molecular weight excluding hydrogens is 476 g/mol. The number of aliphatic carboxylic acids is 1. The van der Waals surface area contributed by atoms with E-state index in [4.69, 9.17) is 23.7 Å². The molecule has 0 saturated carbocycles. The lowest BCUT2D eigenvalue weighted by molar-refractivity contribution is -0.149. The molecular formula is C29H38O8. The zero-order valence-electron chi connectivity index (χ0n) is 22.3. The Balaban J connectivity index is 1.65. The molecule has 0 radical (unpaired) electrons. The number of hydrogen-bond acceptors (Lipinski definition) is 7. The number of rotatable bonds is 14. The molecule has 2 aromatic carbocycles. The predicted octanol–water partition coefficient (Wildman–Crippen LogP) is 4.94. The molecule has 0 fully saturated rings. The highest BCUT2D eigenvalue weighted by atomic mass is 16.6. The van der Waals surface area contributed by atoms with Gasteiger partial charge in [0.05, 0.1) is 33.9 Å². The minimum atomic E-state index is -0.901. The number of fused-ring (bicyclic) bond motifs is 1. The van der Waals surface area contributed by atoms with E-state index in [1.165, 1.54) is 7.11 Å². The molecule has 202 valence electrons. The van der Waals surface area contributed by atoms with Gasteiger partial charge in [-0.15, -0.1) is 0 Å². The summed E-state index contributed by atoms with van der Waals surface area (Å²) in [4.78, 5) is 23.3. The number of ether oxygens (including phenoxy) is 5. The lowest BCUT2D eigenvalue weighted by Gasteiger charge is -2.27. The smallest absolute Gasteiger partial charge is 0.347 e. The van der Waals surface area contributed by atoms with Crippen LogP contribution >= 0.6 is 0 Å². The maximum Gasteiger partial charge on any atom is 0.347 e. The average Bonchev–Trinajstić information content (AvgIpc) is 2.89. The van der Waals surface area contributed by atoms with Crippen LogP contribution in [0.4, 0.5) is 0 Å². The van der Waals surface area contributed by atoms with Crippen molar-refractivity contribution in [3.05, 3.63) is 46.5 Å². The maximum absolute atomic E-state index is 12.0. The molecule has 1 N–H and O–H groups in total. The standard InChI is InChI=1S/C29H38O8/c1-5-8-21-23(14-12-20(18-26(30)31)27(21)33-3)35-16-7-17-36-24-13-10-19-11-15-25(29(32)34-4)37-28(19)22(24)9-6-2/h10,12-14,25H,5-9,11,15-18H2,1-4H3,(H,30,31). The molecule has 37 heavy (non-hydrogen) atoms. The fourth-order valence-corrected chi connectivity index (χ4v) is 4.67. The molecule has 0 aliphatic carbocycles. The summed E-state index contributed by atoms with van der Waals surface area (Å²) >= 11 is 0. The number of benzene rings is 2. The van der Waals surface area contributed by atoms with Crippen LogP contribution in [0.5, 0.6) is 23.0 Å². The van der Waals surface area contributed by atoms with Crippen LogP contribution in [0.3, 0.4) is 0 Å². The minimum absolute atomic E-state index is 0.0982. The normalized spacial score (nSPS) is 14.3. The van der Waals surface area contributed by atoms with Crippen LogP contribution in [0, 0.1) is 0 Å². The van der Waals surface area contributed by atoms with Crippen LogP contribution in [-0.4, -0.2) is 50.6 Å². The molecule has 1 unspecified atom stereocenters. The summed E-state index contributed by atoms with van der Waals surface area (Å²) in [5, 5.41) is 9.21. The first-order valence-corrected chi connectivity index (χ1v) is 13.0. The highest BCUT2D eigenvalue weighted by Gasteiger charge is 2.29. The number of methoxy groups -OCH3 is 2. The maximum atomic E-state index is 12.0. The summed E-state index contributed by atoms with van der Waals surface area (Å²) in [6.07, 6.45) is 4.63. The number of carboxylic acids is 1. The lowest BCUT2D eigenvalue weighted by atomic mass is 9.96. The Hall–Kier alpha value is -3.42. The molecule has 3 rings (SSSR count). The molecule has 8 heteroatoms. The van der Waals surface area contributed by atoms with Gasteiger partial charge < -0.3 is 28.8 Å². The Kier molecular flexibility index (Phi) is 10.5. The van der Waals surface area contributed by atoms with E-state index < -0.39 is 12.1 Å². The quantitative estimate of drug-likeness (QED) is 0.279. The molecule has 0 saturated heterocycles. The van der Waals surface area contributed by atoms with Gasteiger partial charge in [0.2, 0.25) is 0 Å². The predicted molar refractivity (Wildman–Crippen MR) is 139 cm³/mol. The fourth-order valence-electron chi connectivity index (χ4n) is 4.67. The van der Waals surface area contributed by atoms with E-state index in [-0.39, 0.29) is 12.4 Å². The molecule has 0 aromatic heterocycles. The molecule has 1 atom stereocenters. The Morgan fingerprint density at radius 2 is 1.62 bits per heavy atom. The summed E-state index contributed by atoms with van der Waals surface area (Å²) in [6.45, 7) is 5.05. The van der Waals surface area contributed by atoms with E-state index in [1.807, 2.05) is 18.2 Å². The third-order valence-corrected chi connectivity index (χ3v) is 6.35. The van der Waals surface area contributed by atoms with Crippen molar-refractivity contribution in [1.29, 1.82) is 0 Å². The van der Waals surface area contributed by atoms with Crippen LogP contribution in [0.15, 0.2) is 24.3 Å². The number of esters is 1. The van der Waals surface area contributed by atoms with Gasteiger partial charge in [-0.25, -0.2) is 4.79 Å². The number of carboxylic acid groups (broad SMARTS) is 1. The van der Waals surface area contributed by atoms with E-state index >= 15 is 0 Å². The number of aryl methyl sites for hydroxylation is 1. The van der Waals surface area contributed by atoms with Crippen molar-refractivity contribution in [2.45, 2.75) is 71.3 Å². The molecule has 1 heterocycles. The van der Waals surface area contributed by atoms with E-state index in [9.17, 15) is 14.7 Å². The summed E-state index contributed by atoms with van der Waals surface area (Å²) in [6, 6.07) is 7.57. The zero-order chi connectivity index (χ0) is 26.8.